The first-order valence-corrected chi connectivity index (χ1v) is 8.60. The summed E-state index contributed by atoms with van der Waals surface area (Å²) in [5, 5.41) is 20.5. The number of hydrogen-bond donors (Lipinski definition) is 0. The van der Waals surface area contributed by atoms with Gasteiger partial charge in [0.1, 0.15) is 5.01 Å². The van der Waals surface area contributed by atoms with Crippen molar-refractivity contribution in [2.45, 2.75) is 19.0 Å². The number of rotatable bonds is 4. The Morgan fingerprint density at radius 3 is 2.61 bits per heavy atom. The van der Waals surface area contributed by atoms with Crippen molar-refractivity contribution in [1.82, 2.24) is 4.98 Å². The summed E-state index contributed by atoms with van der Waals surface area (Å²) in [5.74, 6) is -2.09. The number of aryl methyl sites for hydroxylation is 1. The molecule has 6 nitrogen and oxygen atoms in total. The van der Waals surface area contributed by atoms with E-state index in [1.165, 1.54) is 25.1 Å². The second-order valence-corrected chi connectivity index (χ2v) is 6.98. The number of nitrogens with zero attached hydrogens (tertiary/aromatic N) is 3. The Kier molecular flexibility index (Phi) is 4.87. The Bertz CT molecular complexity index is 1150. The summed E-state index contributed by atoms with van der Waals surface area (Å²) in [7, 11) is 0. The van der Waals surface area contributed by atoms with Crippen LogP contribution in [0.25, 0.3) is 10.2 Å². The van der Waals surface area contributed by atoms with E-state index in [-0.39, 0.29) is 21.8 Å². The van der Waals surface area contributed by atoms with Crippen molar-refractivity contribution in [2.75, 3.05) is 0 Å². The highest BCUT2D eigenvalue weighted by molar-refractivity contribution is 7.18. The van der Waals surface area contributed by atoms with E-state index in [0.717, 1.165) is 29.5 Å². The maximum atomic E-state index is 12.8. The van der Waals surface area contributed by atoms with Crippen molar-refractivity contribution in [2.24, 2.45) is 0 Å². The van der Waals surface area contributed by atoms with Crippen LogP contribution in [0.3, 0.4) is 0 Å². The summed E-state index contributed by atoms with van der Waals surface area (Å²) < 4.78 is 38.9. The van der Waals surface area contributed by atoms with Crippen LogP contribution in [0.4, 0.5) is 18.9 Å². The van der Waals surface area contributed by atoms with Crippen molar-refractivity contribution >= 4 is 33.0 Å². The van der Waals surface area contributed by atoms with E-state index in [1.54, 1.807) is 6.07 Å². The number of thiazole rings is 1. The molecule has 142 valence electrons. The van der Waals surface area contributed by atoms with E-state index in [4.69, 9.17) is 0 Å². The van der Waals surface area contributed by atoms with E-state index in [0.29, 0.717) is 10.3 Å². The van der Waals surface area contributed by atoms with Crippen molar-refractivity contribution < 1.29 is 22.9 Å². The summed E-state index contributed by atoms with van der Waals surface area (Å²) in [4.78, 5) is 27.2. The predicted molar refractivity (Wildman–Crippen MR) is 95.1 cm³/mol. The minimum atomic E-state index is -4.54. The molecule has 1 unspecified atom stereocenters. The number of ketones is 1. The summed E-state index contributed by atoms with van der Waals surface area (Å²) >= 11 is 0.930. The third kappa shape index (κ3) is 3.57. The van der Waals surface area contributed by atoms with Crippen LogP contribution in [0.5, 0.6) is 0 Å². The molecular weight excluding hydrogens is 395 g/mol. The largest absolute Gasteiger partial charge is 0.416 e. The van der Waals surface area contributed by atoms with Crippen LogP contribution in [-0.2, 0) is 6.18 Å². The van der Waals surface area contributed by atoms with Gasteiger partial charge in [-0.2, -0.15) is 18.4 Å². The van der Waals surface area contributed by atoms with Crippen LogP contribution in [0.1, 0.15) is 32.4 Å². The zero-order valence-electron chi connectivity index (χ0n) is 14.1. The van der Waals surface area contributed by atoms with Crippen molar-refractivity contribution in [3.63, 3.8) is 0 Å². The molecule has 1 heterocycles. The number of aromatic nitrogens is 1. The Labute approximate surface area is 160 Å². The highest BCUT2D eigenvalue weighted by Crippen LogP contribution is 2.35. The molecular formula is C18H10F3N3O3S. The van der Waals surface area contributed by atoms with Crippen LogP contribution < -0.4 is 0 Å². The average molecular weight is 405 g/mol. The van der Waals surface area contributed by atoms with E-state index >= 15 is 0 Å². The number of carbonyl (C=O) groups is 1. The van der Waals surface area contributed by atoms with E-state index in [9.17, 15) is 33.3 Å². The quantitative estimate of drug-likeness (QED) is 0.345. The van der Waals surface area contributed by atoms with Crippen LogP contribution in [0.15, 0.2) is 36.4 Å². The molecule has 0 aliphatic carbocycles. The van der Waals surface area contributed by atoms with Crippen molar-refractivity contribution in [3.05, 3.63) is 68.2 Å². The second-order valence-electron chi connectivity index (χ2n) is 5.92. The Morgan fingerprint density at radius 2 is 2.00 bits per heavy atom. The third-order valence-electron chi connectivity index (χ3n) is 4.06. The number of nitriles is 1. The second kappa shape index (κ2) is 7.01. The van der Waals surface area contributed by atoms with Crippen molar-refractivity contribution in [3.8, 4) is 6.07 Å². The molecule has 0 amide bonds. The minimum absolute atomic E-state index is 0.0257. The monoisotopic (exact) mass is 405 g/mol. The summed E-state index contributed by atoms with van der Waals surface area (Å²) in [6.07, 6.45) is -4.54. The highest BCUT2D eigenvalue weighted by Gasteiger charge is 2.32. The van der Waals surface area contributed by atoms with Crippen LogP contribution in [-0.4, -0.2) is 15.7 Å². The fourth-order valence-electron chi connectivity index (χ4n) is 2.60. The molecule has 3 aromatic rings. The normalized spacial score (nSPS) is 12.5. The number of nitro groups is 1. The molecule has 0 radical (unpaired) electrons. The molecule has 0 spiro atoms. The number of benzene rings is 2. The summed E-state index contributed by atoms with van der Waals surface area (Å²) in [6, 6.07) is 8.62. The van der Waals surface area contributed by atoms with Gasteiger partial charge in [-0.3, -0.25) is 14.9 Å². The lowest BCUT2D eigenvalue weighted by Gasteiger charge is -2.06. The standard InChI is InChI=1S/C18H10F3N3O3S/c1-9-2-3-10(6-14(9)24(26)27)16(25)12(8-22)17-23-13-7-11(18(19,20)21)4-5-15(13)28-17/h2-7,12H,1H3. The molecule has 1 aromatic heterocycles. The molecule has 0 bridgehead atoms. The Hall–Kier alpha value is -3.32. The first-order chi connectivity index (χ1) is 13.1. The summed E-state index contributed by atoms with van der Waals surface area (Å²) in [6.45, 7) is 1.51. The molecule has 3 rings (SSSR count). The first kappa shape index (κ1) is 19.4. The SMILES string of the molecule is Cc1ccc(C(=O)C(C#N)c2nc3cc(C(F)(F)F)ccc3s2)cc1[N+](=O)[O-]. The molecule has 0 aliphatic rings. The third-order valence-corrected chi connectivity index (χ3v) is 5.16. The number of halogens is 3. The van der Waals surface area contributed by atoms with Crippen LogP contribution >= 0.6 is 11.3 Å². The molecule has 28 heavy (non-hydrogen) atoms. The number of hydrogen-bond acceptors (Lipinski definition) is 6. The topological polar surface area (TPSA) is 96.9 Å². The van der Waals surface area contributed by atoms with Crippen LogP contribution in [0.2, 0.25) is 0 Å². The molecule has 0 saturated carbocycles. The minimum Gasteiger partial charge on any atom is -0.292 e. The number of carbonyl (C=O) groups excluding carboxylic acids is 1. The highest BCUT2D eigenvalue weighted by atomic mass is 32.1. The van der Waals surface area contributed by atoms with Gasteiger partial charge in [0.2, 0.25) is 0 Å². The zero-order chi connectivity index (χ0) is 20.6. The van der Waals surface area contributed by atoms with Gasteiger partial charge in [-0.05, 0) is 25.1 Å². The number of Topliss-reactive ketones (excluding diaryl/α,β-unsaturated/α-hetero) is 1. The fraction of sp³-hybridized carbons (Fsp3) is 0.167. The molecule has 1 atom stereocenters. The van der Waals surface area contributed by atoms with Gasteiger partial charge in [0, 0.05) is 17.2 Å². The van der Waals surface area contributed by atoms with Crippen molar-refractivity contribution in [1.29, 1.82) is 5.26 Å². The zero-order valence-corrected chi connectivity index (χ0v) is 15.0. The molecule has 0 aliphatic heterocycles. The fourth-order valence-corrected chi connectivity index (χ4v) is 3.59. The van der Waals surface area contributed by atoms with Gasteiger partial charge in [-0.25, -0.2) is 4.98 Å². The number of nitro benzene ring substituents is 1. The predicted octanol–water partition coefficient (Wildman–Crippen LogP) is 5.02. The Morgan fingerprint density at radius 1 is 1.29 bits per heavy atom. The van der Waals surface area contributed by atoms with E-state index < -0.39 is 28.4 Å². The number of fused-ring (bicyclic) bond motifs is 1. The lowest BCUT2D eigenvalue weighted by atomic mass is 9.98. The molecule has 0 fully saturated rings. The maximum Gasteiger partial charge on any atom is 0.416 e. The van der Waals surface area contributed by atoms with Gasteiger partial charge in [0.15, 0.2) is 11.7 Å². The molecule has 0 saturated heterocycles. The molecule has 2 aromatic carbocycles. The van der Waals surface area contributed by atoms with Gasteiger partial charge in [-0.15, -0.1) is 11.3 Å². The van der Waals surface area contributed by atoms with Gasteiger partial charge in [0.05, 0.1) is 26.8 Å². The Balaban J connectivity index is 2.02. The van der Waals surface area contributed by atoms with Gasteiger partial charge >= 0.3 is 6.18 Å². The van der Waals surface area contributed by atoms with Gasteiger partial charge < -0.3 is 0 Å². The van der Waals surface area contributed by atoms with Gasteiger partial charge in [-0.1, -0.05) is 12.1 Å². The van der Waals surface area contributed by atoms with Gasteiger partial charge in [0.25, 0.3) is 5.69 Å². The number of alkyl halides is 3. The maximum absolute atomic E-state index is 12.8. The van der Waals surface area contributed by atoms with E-state index in [1.807, 2.05) is 0 Å². The molecule has 10 heteroatoms. The first-order valence-electron chi connectivity index (χ1n) is 7.78. The van der Waals surface area contributed by atoms with Crippen LogP contribution in [0, 0.1) is 28.4 Å². The lowest BCUT2D eigenvalue weighted by Crippen LogP contribution is -2.11. The summed E-state index contributed by atoms with van der Waals surface area (Å²) in [5.41, 5.74) is -0.806. The molecule has 0 N–H and O–H groups in total. The van der Waals surface area contributed by atoms with E-state index in [2.05, 4.69) is 4.98 Å². The lowest BCUT2D eigenvalue weighted by molar-refractivity contribution is -0.385. The average Bonchev–Trinajstić information content (AvgIpc) is 3.04. The smallest absolute Gasteiger partial charge is 0.292 e.